The maximum atomic E-state index is 12.5. The van der Waals surface area contributed by atoms with Crippen molar-refractivity contribution in [1.82, 2.24) is 10.3 Å². The zero-order valence-corrected chi connectivity index (χ0v) is 22.1. The molecule has 0 saturated heterocycles. The number of nitrogens with one attached hydrogen (secondary N) is 1. The van der Waals surface area contributed by atoms with Crippen LogP contribution in [0.15, 0.2) is 77.4 Å². The molecule has 1 aliphatic rings. The molecule has 1 atom stereocenters. The average molecular weight is 574 g/mol. The summed E-state index contributed by atoms with van der Waals surface area (Å²) in [6.45, 7) is 2.39. The van der Waals surface area contributed by atoms with Crippen LogP contribution in [-0.2, 0) is 4.79 Å². The van der Waals surface area contributed by atoms with Crippen molar-refractivity contribution in [1.29, 1.82) is 0 Å². The Hall–Kier alpha value is -4.32. The van der Waals surface area contributed by atoms with Crippen LogP contribution in [0.5, 0.6) is 5.75 Å². The molecular weight excluding hydrogens is 547 g/mol. The van der Waals surface area contributed by atoms with E-state index in [1.807, 2.05) is 17.9 Å². The molecule has 0 radical (unpaired) electrons. The SMILES string of the molecule is CC1CC(CN(c2ccc(C(=O)NCCC(=O)O)cc2)c2nc(-c3ccc(OC(F)(F)F)cc3)cs2)=CC=C1O. The number of benzene rings is 2. The van der Waals surface area contributed by atoms with Gasteiger partial charge in [-0.25, -0.2) is 4.98 Å². The number of nitrogens with zero attached hydrogens (tertiary/aromatic N) is 2. The van der Waals surface area contributed by atoms with Gasteiger partial charge in [-0.1, -0.05) is 13.0 Å². The number of thiazole rings is 1. The number of aliphatic carboxylic acids is 1. The second-order valence-corrected chi connectivity index (χ2v) is 9.98. The Bertz CT molecular complexity index is 1420. The number of alkyl halides is 3. The van der Waals surface area contributed by atoms with Crippen molar-refractivity contribution in [2.45, 2.75) is 26.1 Å². The molecule has 4 rings (SSSR count). The van der Waals surface area contributed by atoms with E-state index in [0.29, 0.717) is 40.7 Å². The first-order chi connectivity index (χ1) is 19.0. The first kappa shape index (κ1) is 28.7. The van der Waals surface area contributed by atoms with E-state index in [-0.39, 0.29) is 24.6 Å². The largest absolute Gasteiger partial charge is 0.573 e. The summed E-state index contributed by atoms with van der Waals surface area (Å²) in [4.78, 5) is 29.8. The van der Waals surface area contributed by atoms with E-state index in [1.54, 1.807) is 35.7 Å². The van der Waals surface area contributed by atoms with Gasteiger partial charge in [0.05, 0.1) is 17.9 Å². The first-order valence-corrected chi connectivity index (χ1v) is 13.1. The Labute approximate surface area is 232 Å². The summed E-state index contributed by atoms with van der Waals surface area (Å²) >= 11 is 1.35. The topological polar surface area (TPSA) is 112 Å². The number of aliphatic hydroxyl groups is 1. The Morgan fingerprint density at radius 3 is 2.45 bits per heavy atom. The molecule has 1 aliphatic carbocycles. The molecular formula is C28H26F3N3O5S. The fourth-order valence-electron chi connectivity index (χ4n) is 4.05. The summed E-state index contributed by atoms with van der Waals surface area (Å²) in [6, 6.07) is 12.3. The van der Waals surface area contributed by atoms with Gasteiger partial charge >= 0.3 is 12.3 Å². The van der Waals surface area contributed by atoms with Crippen molar-refractivity contribution in [2.24, 2.45) is 5.92 Å². The van der Waals surface area contributed by atoms with Crippen molar-refractivity contribution in [2.75, 3.05) is 18.0 Å². The van der Waals surface area contributed by atoms with Crippen molar-refractivity contribution in [3.63, 3.8) is 0 Å². The molecule has 2 aromatic carbocycles. The number of ether oxygens (including phenoxy) is 1. The van der Waals surface area contributed by atoms with E-state index in [4.69, 9.17) is 10.1 Å². The van der Waals surface area contributed by atoms with E-state index >= 15 is 0 Å². The lowest BCUT2D eigenvalue weighted by Crippen LogP contribution is -2.26. The number of carbonyl (C=O) groups excluding carboxylic acids is 1. The molecule has 0 saturated carbocycles. The number of rotatable bonds is 10. The van der Waals surface area contributed by atoms with Crippen molar-refractivity contribution in [3.05, 3.63) is 83.0 Å². The minimum absolute atomic E-state index is 0.0138. The summed E-state index contributed by atoms with van der Waals surface area (Å²) in [5.74, 6) is -1.45. The van der Waals surface area contributed by atoms with Gasteiger partial charge in [-0.05, 0) is 66.6 Å². The van der Waals surface area contributed by atoms with Gasteiger partial charge in [-0.15, -0.1) is 24.5 Å². The minimum atomic E-state index is -4.78. The highest BCUT2D eigenvalue weighted by molar-refractivity contribution is 7.14. The van der Waals surface area contributed by atoms with E-state index in [2.05, 4.69) is 10.1 Å². The van der Waals surface area contributed by atoms with Crippen molar-refractivity contribution in [3.8, 4) is 17.0 Å². The number of carboxylic acids is 1. The Kier molecular flexibility index (Phi) is 8.78. The molecule has 0 aliphatic heterocycles. The quantitative estimate of drug-likeness (QED) is 0.255. The smallest absolute Gasteiger partial charge is 0.512 e. The molecule has 0 spiro atoms. The van der Waals surface area contributed by atoms with Crippen LogP contribution in [0.25, 0.3) is 11.3 Å². The van der Waals surface area contributed by atoms with Crippen LogP contribution in [0.4, 0.5) is 24.0 Å². The summed E-state index contributed by atoms with van der Waals surface area (Å²) in [5.41, 5.74) is 3.34. The molecule has 0 bridgehead atoms. The maximum Gasteiger partial charge on any atom is 0.573 e. The Morgan fingerprint density at radius 2 is 1.82 bits per heavy atom. The highest BCUT2D eigenvalue weighted by Crippen LogP contribution is 2.35. The molecule has 0 fully saturated rings. The third kappa shape index (κ3) is 7.63. The molecule has 1 unspecified atom stereocenters. The van der Waals surface area contributed by atoms with E-state index in [0.717, 1.165) is 11.3 Å². The fourth-order valence-corrected chi connectivity index (χ4v) is 4.90. The number of hydrogen-bond acceptors (Lipinski definition) is 7. The van der Waals surface area contributed by atoms with Gasteiger partial charge in [0.25, 0.3) is 5.91 Å². The molecule has 1 heterocycles. The predicted molar refractivity (Wildman–Crippen MR) is 145 cm³/mol. The zero-order chi connectivity index (χ0) is 28.9. The summed E-state index contributed by atoms with van der Waals surface area (Å²) < 4.78 is 41.5. The van der Waals surface area contributed by atoms with Crippen molar-refractivity contribution >= 4 is 34.0 Å². The highest BCUT2D eigenvalue weighted by Gasteiger charge is 2.31. The van der Waals surface area contributed by atoms with Gasteiger partial charge in [0.2, 0.25) is 0 Å². The van der Waals surface area contributed by atoms with Gasteiger partial charge in [0.15, 0.2) is 5.13 Å². The predicted octanol–water partition coefficient (Wildman–Crippen LogP) is 6.46. The van der Waals surface area contributed by atoms with E-state index in [1.165, 1.54) is 35.6 Å². The second-order valence-electron chi connectivity index (χ2n) is 9.14. The van der Waals surface area contributed by atoms with Gasteiger partial charge < -0.3 is 25.2 Å². The molecule has 12 heteroatoms. The maximum absolute atomic E-state index is 12.5. The van der Waals surface area contributed by atoms with E-state index in [9.17, 15) is 27.9 Å². The van der Waals surface area contributed by atoms with Crippen LogP contribution < -0.4 is 15.0 Å². The van der Waals surface area contributed by atoms with Crippen LogP contribution in [-0.4, -0.2) is 46.5 Å². The molecule has 3 N–H and O–H groups in total. The highest BCUT2D eigenvalue weighted by atomic mass is 32.1. The summed E-state index contributed by atoms with van der Waals surface area (Å²) in [7, 11) is 0. The molecule has 1 amide bonds. The van der Waals surface area contributed by atoms with Crippen LogP contribution in [0.3, 0.4) is 0 Å². The first-order valence-electron chi connectivity index (χ1n) is 12.3. The number of amides is 1. The average Bonchev–Trinajstić information content (AvgIpc) is 3.39. The number of anilines is 2. The third-order valence-electron chi connectivity index (χ3n) is 6.10. The normalized spacial score (nSPS) is 15.2. The number of allylic oxidation sites excluding steroid dienone is 3. The van der Waals surface area contributed by atoms with E-state index < -0.39 is 18.2 Å². The van der Waals surface area contributed by atoms with Gasteiger partial charge in [-0.2, -0.15) is 0 Å². The number of halogens is 3. The number of aliphatic hydroxyl groups excluding tert-OH is 1. The van der Waals surface area contributed by atoms with Crippen molar-refractivity contribution < 1.29 is 37.7 Å². The lowest BCUT2D eigenvalue weighted by molar-refractivity contribution is -0.274. The lowest BCUT2D eigenvalue weighted by Gasteiger charge is -2.26. The number of hydrogen-bond donors (Lipinski definition) is 3. The molecule has 1 aromatic heterocycles. The molecule has 210 valence electrons. The van der Waals surface area contributed by atoms with Crippen LogP contribution in [0, 0.1) is 5.92 Å². The van der Waals surface area contributed by atoms with Crippen LogP contribution in [0.2, 0.25) is 0 Å². The number of carbonyl (C=O) groups is 2. The fraction of sp³-hybridized carbons (Fsp3) is 0.250. The lowest BCUT2D eigenvalue weighted by atomic mass is 9.94. The molecule has 40 heavy (non-hydrogen) atoms. The Morgan fingerprint density at radius 1 is 1.12 bits per heavy atom. The Balaban J connectivity index is 1.58. The van der Waals surface area contributed by atoms with Crippen LogP contribution in [0.1, 0.15) is 30.1 Å². The van der Waals surface area contributed by atoms with Crippen LogP contribution >= 0.6 is 11.3 Å². The molecule has 3 aromatic rings. The van der Waals surface area contributed by atoms with Gasteiger partial charge in [-0.3, -0.25) is 9.59 Å². The number of aromatic nitrogens is 1. The summed E-state index contributed by atoms with van der Waals surface area (Å²) in [6.07, 6.45) is -0.784. The van der Waals surface area contributed by atoms with Gasteiger partial charge in [0, 0.05) is 41.2 Å². The number of carboxylic acid groups (broad SMARTS) is 1. The zero-order valence-electron chi connectivity index (χ0n) is 21.3. The standard InChI is InChI=1S/C28H26F3N3O5S/c1-17-14-18(2-11-24(17)35)15-34(21-7-3-20(4-8-21)26(38)32-13-12-25(36)37)27-33-23(16-40-27)19-5-9-22(10-6-19)39-28(29,30)31/h2-11,16-17,35H,12-15H2,1H3,(H,32,38)(H,36,37). The molecule has 8 nitrogen and oxygen atoms in total. The monoisotopic (exact) mass is 573 g/mol. The summed E-state index contributed by atoms with van der Waals surface area (Å²) in [5, 5.41) is 23.8. The minimum Gasteiger partial charge on any atom is -0.512 e. The van der Waals surface area contributed by atoms with Gasteiger partial charge in [0.1, 0.15) is 5.75 Å². The second kappa shape index (κ2) is 12.2. The third-order valence-corrected chi connectivity index (χ3v) is 6.96.